The SMILES string of the molecule is COc1ccc(S(=O)(=O)N(CC(=O)N(Cc2ccc(Cl)cc2)C(C)C(=O)NC(C)(C)C)c2cc(C)cc(C)c2)cc1OC. The molecule has 0 heterocycles. The molecule has 0 radical (unpaired) electrons. The lowest BCUT2D eigenvalue weighted by molar-refractivity contribution is -0.140. The van der Waals surface area contributed by atoms with Gasteiger partial charge in [0.1, 0.15) is 12.6 Å². The first-order valence-electron chi connectivity index (χ1n) is 13.7. The van der Waals surface area contributed by atoms with Crippen LogP contribution in [0.15, 0.2) is 65.6 Å². The number of rotatable bonds is 11. The summed E-state index contributed by atoms with van der Waals surface area (Å²) in [4.78, 5) is 28.7. The summed E-state index contributed by atoms with van der Waals surface area (Å²) < 4.78 is 40.2. The van der Waals surface area contributed by atoms with Crippen LogP contribution in [0.1, 0.15) is 44.4 Å². The second kappa shape index (κ2) is 13.7. The standard InChI is InChI=1S/C32H40ClN3O6S/c1-21-15-22(2)17-26(16-21)36(43(39,40)27-13-14-28(41-7)29(18-27)42-8)20-30(37)35(19-24-9-11-25(33)12-10-24)23(3)31(38)34-32(4,5)6/h9-18,23H,19-20H2,1-8H3,(H,34,38). The lowest BCUT2D eigenvalue weighted by atomic mass is 10.1. The predicted molar refractivity (Wildman–Crippen MR) is 169 cm³/mol. The Kier molecular flexibility index (Phi) is 10.7. The Bertz CT molecular complexity index is 1550. The minimum absolute atomic E-state index is 0.0613. The van der Waals surface area contributed by atoms with Crippen molar-refractivity contribution in [1.82, 2.24) is 10.2 Å². The Morgan fingerprint density at radius 3 is 2.02 bits per heavy atom. The zero-order chi connectivity index (χ0) is 32.1. The van der Waals surface area contributed by atoms with E-state index in [4.69, 9.17) is 21.1 Å². The molecule has 232 valence electrons. The molecule has 11 heteroatoms. The first-order chi connectivity index (χ1) is 20.0. The number of nitrogens with zero attached hydrogens (tertiary/aromatic N) is 2. The summed E-state index contributed by atoms with van der Waals surface area (Å²) in [5.41, 5.74) is 2.16. The highest BCUT2D eigenvalue weighted by Crippen LogP contribution is 2.33. The Balaban J connectivity index is 2.11. The molecule has 3 aromatic carbocycles. The van der Waals surface area contributed by atoms with E-state index in [0.717, 1.165) is 21.0 Å². The Morgan fingerprint density at radius 1 is 0.907 bits per heavy atom. The Hall–Kier alpha value is -3.76. The molecule has 0 aliphatic rings. The third-order valence-electron chi connectivity index (χ3n) is 6.65. The van der Waals surface area contributed by atoms with Gasteiger partial charge in [-0.15, -0.1) is 0 Å². The summed E-state index contributed by atoms with van der Waals surface area (Å²) in [7, 11) is -1.42. The molecule has 2 amide bonds. The summed E-state index contributed by atoms with van der Waals surface area (Å²) >= 11 is 6.07. The molecule has 43 heavy (non-hydrogen) atoms. The van der Waals surface area contributed by atoms with Gasteiger partial charge in [0.05, 0.1) is 24.8 Å². The van der Waals surface area contributed by atoms with Crippen molar-refractivity contribution in [1.29, 1.82) is 0 Å². The second-order valence-electron chi connectivity index (χ2n) is 11.4. The number of benzene rings is 3. The highest BCUT2D eigenvalue weighted by Gasteiger charge is 2.34. The van der Waals surface area contributed by atoms with Gasteiger partial charge in [0.25, 0.3) is 10.0 Å². The smallest absolute Gasteiger partial charge is 0.264 e. The molecule has 0 aliphatic heterocycles. The molecule has 0 saturated heterocycles. The van der Waals surface area contributed by atoms with Gasteiger partial charge >= 0.3 is 0 Å². The zero-order valence-corrected chi connectivity index (χ0v) is 27.5. The maximum Gasteiger partial charge on any atom is 0.264 e. The number of ether oxygens (including phenoxy) is 2. The van der Waals surface area contributed by atoms with Gasteiger partial charge < -0.3 is 19.7 Å². The number of hydrogen-bond acceptors (Lipinski definition) is 6. The van der Waals surface area contributed by atoms with Crippen LogP contribution in [0, 0.1) is 13.8 Å². The monoisotopic (exact) mass is 629 g/mol. The molecule has 9 nitrogen and oxygen atoms in total. The van der Waals surface area contributed by atoms with Crippen LogP contribution in [0.2, 0.25) is 5.02 Å². The van der Waals surface area contributed by atoms with Gasteiger partial charge in [0.15, 0.2) is 11.5 Å². The third-order valence-corrected chi connectivity index (χ3v) is 8.67. The van der Waals surface area contributed by atoms with Crippen LogP contribution >= 0.6 is 11.6 Å². The van der Waals surface area contributed by atoms with E-state index in [1.165, 1.54) is 37.3 Å². The minimum Gasteiger partial charge on any atom is -0.493 e. The van der Waals surface area contributed by atoms with Gasteiger partial charge in [0, 0.05) is 23.2 Å². The van der Waals surface area contributed by atoms with E-state index >= 15 is 0 Å². The van der Waals surface area contributed by atoms with E-state index in [0.29, 0.717) is 16.5 Å². The fourth-order valence-corrected chi connectivity index (χ4v) is 6.11. The molecule has 1 unspecified atom stereocenters. The quantitative estimate of drug-likeness (QED) is 0.300. The largest absolute Gasteiger partial charge is 0.493 e. The first-order valence-corrected chi connectivity index (χ1v) is 15.6. The summed E-state index contributed by atoms with van der Waals surface area (Å²) in [5.74, 6) is -0.333. The molecule has 1 N–H and O–H groups in total. The van der Waals surface area contributed by atoms with E-state index < -0.39 is 34.1 Å². The number of carbonyl (C=O) groups is 2. The van der Waals surface area contributed by atoms with Crippen molar-refractivity contribution in [3.05, 3.63) is 82.4 Å². The fraction of sp³-hybridized carbons (Fsp3) is 0.375. The lowest BCUT2D eigenvalue weighted by Crippen LogP contribution is -2.54. The molecule has 0 aromatic heterocycles. The molecule has 1 atom stereocenters. The lowest BCUT2D eigenvalue weighted by Gasteiger charge is -2.33. The van der Waals surface area contributed by atoms with Crippen LogP contribution in [0.5, 0.6) is 11.5 Å². The Labute approximate surface area is 259 Å². The average Bonchev–Trinajstić information content (AvgIpc) is 2.93. The summed E-state index contributed by atoms with van der Waals surface area (Å²) in [6.07, 6.45) is 0. The topological polar surface area (TPSA) is 105 Å². The maximum atomic E-state index is 14.2. The Morgan fingerprint density at radius 2 is 1.49 bits per heavy atom. The van der Waals surface area contributed by atoms with Gasteiger partial charge in [-0.05, 0) is 94.6 Å². The van der Waals surface area contributed by atoms with E-state index in [1.54, 1.807) is 43.3 Å². The third kappa shape index (κ3) is 8.64. The van der Waals surface area contributed by atoms with E-state index in [1.807, 2.05) is 40.7 Å². The van der Waals surface area contributed by atoms with Crippen molar-refractivity contribution in [2.75, 3.05) is 25.1 Å². The summed E-state index contributed by atoms with van der Waals surface area (Å²) in [6.45, 7) is 10.4. The number of anilines is 1. The molecule has 0 bridgehead atoms. The van der Waals surface area contributed by atoms with Gasteiger partial charge in [-0.2, -0.15) is 0 Å². The van der Waals surface area contributed by atoms with E-state index in [-0.39, 0.29) is 23.1 Å². The molecule has 3 rings (SSSR count). The molecule has 0 saturated carbocycles. The number of sulfonamides is 1. The molecule has 3 aromatic rings. The molecule has 0 fully saturated rings. The summed E-state index contributed by atoms with van der Waals surface area (Å²) in [5, 5.41) is 3.45. The highest BCUT2D eigenvalue weighted by molar-refractivity contribution is 7.92. The fourth-order valence-electron chi connectivity index (χ4n) is 4.57. The number of hydrogen-bond donors (Lipinski definition) is 1. The molecular weight excluding hydrogens is 590 g/mol. The first kappa shape index (κ1) is 33.7. The second-order valence-corrected chi connectivity index (χ2v) is 13.7. The zero-order valence-electron chi connectivity index (χ0n) is 25.9. The van der Waals surface area contributed by atoms with Crippen LogP contribution in [0.3, 0.4) is 0 Å². The number of amides is 2. The van der Waals surface area contributed by atoms with Crippen molar-refractivity contribution in [3.63, 3.8) is 0 Å². The van der Waals surface area contributed by atoms with Crippen LogP contribution in [0.25, 0.3) is 0 Å². The van der Waals surface area contributed by atoms with Gasteiger partial charge in [-0.25, -0.2) is 8.42 Å². The number of aryl methyl sites for hydroxylation is 2. The van der Waals surface area contributed by atoms with Crippen molar-refractivity contribution < 1.29 is 27.5 Å². The van der Waals surface area contributed by atoms with Crippen molar-refractivity contribution in [2.45, 2.75) is 64.6 Å². The minimum atomic E-state index is -4.29. The van der Waals surface area contributed by atoms with Crippen molar-refractivity contribution in [2.24, 2.45) is 0 Å². The number of nitrogens with one attached hydrogen (secondary N) is 1. The van der Waals surface area contributed by atoms with Crippen molar-refractivity contribution >= 4 is 39.1 Å². The summed E-state index contributed by atoms with van der Waals surface area (Å²) in [6, 6.07) is 15.6. The van der Waals surface area contributed by atoms with Crippen LogP contribution in [-0.4, -0.2) is 57.5 Å². The normalized spacial score (nSPS) is 12.3. The van der Waals surface area contributed by atoms with Crippen LogP contribution in [0.4, 0.5) is 5.69 Å². The van der Waals surface area contributed by atoms with Gasteiger partial charge in [0.2, 0.25) is 11.8 Å². The van der Waals surface area contributed by atoms with Gasteiger partial charge in [-0.3, -0.25) is 13.9 Å². The number of halogens is 1. The van der Waals surface area contributed by atoms with E-state index in [2.05, 4.69) is 5.32 Å². The van der Waals surface area contributed by atoms with Gasteiger partial charge in [-0.1, -0.05) is 29.8 Å². The highest BCUT2D eigenvalue weighted by atomic mass is 35.5. The predicted octanol–water partition coefficient (Wildman–Crippen LogP) is 5.50. The van der Waals surface area contributed by atoms with Crippen LogP contribution < -0.4 is 19.1 Å². The van der Waals surface area contributed by atoms with Crippen molar-refractivity contribution in [3.8, 4) is 11.5 Å². The van der Waals surface area contributed by atoms with Crippen LogP contribution in [-0.2, 0) is 26.2 Å². The molecular formula is C32H40ClN3O6S. The number of carbonyl (C=O) groups excluding carboxylic acids is 2. The average molecular weight is 630 g/mol. The molecule has 0 aliphatic carbocycles. The maximum absolute atomic E-state index is 14.2. The number of methoxy groups -OCH3 is 2. The molecule has 0 spiro atoms. The van der Waals surface area contributed by atoms with E-state index in [9.17, 15) is 18.0 Å².